The summed E-state index contributed by atoms with van der Waals surface area (Å²) in [7, 11) is -1.62. The van der Waals surface area contributed by atoms with E-state index in [1.165, 1.54) is 30.7 Å². The van der Waals surface area contributed by atoms with Gasteiger partial charge in [0.25, 0.3) is 0 Å². The van der Waals surface area contributed by atoms with Crippen LogP contribution in [0.3, 0.4) is 0 Å². The molecular weight excluding hydrogens is 566 g/mol. The Kier molecular flexibility index (Phi) is 8.10. The van der Waals surface area contributed by atoms with Crippen molar-refractivity contribution in [1.82, 2.24) is 29.7 Å². The van der Waals surface area contributed by atoms with Gasteiger partial charge in [-0.2, -0.15) is 0 Å². The van der Waals surface area contributed by atoms with Crippen molar-refractivity contribution in [3.8, 4) is 11.3 Å². The van der Waals surface area contributed by atoms with Crippen LogP contribution in [0, 0.1) is 5.82 Å². The highest BCUT2D eigenvalue weighted by Gasteiger charge is 2.19. The number of hydrogen-bond donors (Lipinski definition) is 2. The molecule has 1 fully saturated rings. The molecule has 0 spiro atoms. The van der Waals surface area contributed by atoms with Crippen molar-refractivity contribution in [3.05, 3.63) is 64.9 Å². The first-order chi connectivity index (χ1) is 18.7. The number of nitrogens with one attached hydrogen (secondary N) is 2. The molecule has 1 saturated heterocycles. The van der Waals surface area contributed by atoms with E-state index in [0.717, 1.165) is 26.2 Å². The fraction of sp³-hybridized carbons (Fsp3) is 0.280. The molecule has 1 aromatic carbocycles. The molecule has 10 nitrogen and oxygen atoms in total. The van der Waals surface area contributed by atoms with Crippen LogP contribution in [0.2, 0.25) is 10.2 Å². The number of fused-ring (bicyclic) bond motifs is 1. The molecule has 0 aliphatic carbocycles. The average molecular weight is 591 g/mol. The number of rotatable bonds is 8. The smallest absolute Gasteiger partial charge is 0.234 e. The first-order valence-corrected chi connectivity index (χ1v) is 14.5. The van der Waals surface area contributed by atoms with Gasteiger partial charge >= 0.3 is 0 Å². The molecule has 0 bridgehead atoms. The lowest BCUT2D eigenvalue weighted by Crippen LogP contribution is -2.46. The Balaban J connectivity index is 1.37. The van der Waals surface area contributed by atoms with Gasteiger partial charge in [-0.1, -0.05) is 23.2 Å². The van der Waals surface area contributed by atoms with Crippen LogP contribution in [-0.2, 0) is 10.0 Å². The molecular formula is C25H25Cl2FN8O2S. The standard InChI is InChI=1S/C25H25Cl2FN8O2S/c1-35-6-8-36(9-7-35)10-11-39(37,38)34-22-12-16(14-29-24(22)27)20-4-5-21-23(33-20)25(31-15-30-21)32-17-2-3-19(28)18(26)13-17/h2-5,12-15,34H,6-11H2,1H3,(H,30,31,32). The monoisotopic (exact) mass is 590 g/mol. The molecule has 4 aromatic rings. The van der Waals surface area contributed by atoms with Crippen LogP contribution in [0.1, 0.15) is 0 Å². The SMILES string of the molecule is CN1CCN(CCS(=O)(=O)Nc2cc(-c3ccc4ncnc(Nc5ccc(F)c(Cl)c5)c4n3)cnc2Cl)CC1. The van der Waals surface area contributed by atoms with E-state index in [4.69, 9.17) is 23.2 Å². The Bertz CT molecular complexity index is 1620. The van der Waals surface area contributed by atoms with Gasteiger partial charge in [-0.15, -0.1) is 0 Å². The van der Waals surface area contributed by atoms with Crippen molar-refractivity contribution < 1.29 is 12.8 Å². The van der Waals surface area contributed by atoms with Crippen molar-refractivity contribution in [3.63, 3.8) is 0 Å². The average Bonchev–Trinajstić information content (AvgIpc) is 2.91. The molecule has 0 unspecified atom stereocenters. The molecule has 2 N–H and O–H groups in total. The van der Waals surface area contributed by atoms with E-state index in [0.29, 0.717) is 40.3 Å². The number of halogens is 3. The minimum atomic E-state index is -3.67. The Labute approximate surface area is 235 Å². The fourth-order valence-corrected chi connectivity index (χ4v) is 5.58. The molecule has 0 radical (unpaired) electrons. The molecule has 4 heterocycles. The number of piperazine rings is 1. The first-order valence-electron chi connectivity index (χ1n) is 12.1. The molecule has 0 saturated carbocycles. The summed E-state index contributed by atoms with van der Waals surface area (Å²) in [5.41, 5.74) is 2.74. The van der Waals surface area contributed by atoms with Crippen LogP contribution in [0.5, 0.6) is 0 Å². The van der Waals surface area contributed by atoms with Crippen LogP contribution < -0.4 is 10.0 Å². The second-order valence-electron chi connectivity index (χ2n) is 9.17. The van der Waals surface area contributed by atoms with Crippen LogP contribution in [0.15, 0.2) is 48.9 Å². The largest absolute Gasteiger partial charge is 0.338 e. The Morgan fingerprint density at radius 3 is 2.59 bits per heavy atom. The molecule has 204 valence electrons. The topological polar surface area (TPSA) is 116 Å². The number of anilines is 3. The van der Waals surface area contributed by atoms with Crippen LogP contribution in [-0.4, -0.2) is 83.7 Å². The number of hydrogen-bond acceptors (Lipinski definition) is 9. The van der Waals surface area contributed by atoms with E-state index in [2.05, 4.69) is 39.8 Å². The molecule has 0 amide bonds. The number of sulfonamides is 1. The van der Waals surface area contributed by atoms with Crippen LogP contribution >= 0.6 is 23.2 Å². The minimum Gasteiger partial charge on any atom is -0.338 e. The number of benzene rings is 1. The van der Waals surface area contributed by atoms with Crippen molar-refractivity contribution in [2.75, 3.05) is 55.6 Å². The molecule has 39 heavy (non-hydrogen) atoms. The predicted molar refractivity (Wildman–Crippen MR) is 152 cm³/mol. The number of pyridine rings is 2. The van der Waals surface area contributed by atoms with E-state index < -0.39 is 15.8 Å². The number of likely N-dealkylation sites (N-methyl/N-ethyl adjacent to an activating group) is 1. The molecule has 0 atom stereocenters. The van der Waals surface area contributed by atoms with E-state index in [9.17, 15) is 12.8 Å². The van der Waals surface area contributed by atoms with E-state index in [1.54, 1.807) is 18.2 Å². The van der Waals surface area contributed by atoms with Gasteiger partial charge < -0.3 is 10.2 Å². The van der Waals surface area contributed by atoms with Gasteiger partial charge in [-0.25, -0.2) is 32.7 Å². The van der Waals surface area contributed by atoms with Crippen molar-refractivity contribution in [2.45, 2.75) is 0 Å². The third kappa shape index (κ3) is 6.71. The van der Waals surface area contributed by atoms with Gasteiger partial charge in [0, 0.05) is 50.2 Å². The Morgan fingerprint density at radius 1 is 1.03 bits per heavy atom. The van der Waals surface area contributed by atoms with Gasteiger partial charge in [0.15, 0.2) is 11.0 Å². The molecule has 14 heteroatoms. The van der Waals surface area contributed by atoms with E-state index >= 15 is 0 Å². The molecule has 3 aromatic heterocycles. The summed E-state index contributed by atoms with van der Waals surface area (Å²) in [5.74, 6) is -0.210. The van der Waals surface area contributed by atoms with Gasteiger partial charge in [-0.3, -0.25) is 9.62 Å². The summed E-state index contributed by atoms with van der Waals surface area (Å²) in [5, 5.41) is 3.09. The second kappa shape index (κ2) is 11.5. The summed E-state index contributed by atoms with van der Waals surface area (Å²) < 4.78 is 41.8. The maximum absolute atomic E-state index is 13.6. The summed E-state index contributed by atoms with van der Waals surface area (Å²) in [4.78, 5) is 21.7. The normalized spacial score (nSPS) is 15.0. The Hall–Kier alpha value is -3.16. The van der Waals surface area contributed by atoms with Crippen molar-refractivity contribution in [2.24, 2.45) is 0 Å². The summed E-state index contributed by atoms with van der Waals surface area (Å²) >= 11 is 12.2. The second-order valence-corrected chi connectivity index (χ2v) is 11.8. The van der Waals surface area contributed by atoms with Crippen molar-refractivity contribution in [1.29, 1.82) is 0 Å². The van der Waals surface area contributed by atoms with Gasteiger partial charge in [0.05, 0.1) is 27.7 Å². The van der Waals surface area contributed by atoms with Gasteiger partial charge in [0.2, 0.25) is 10.0 Å². The van der Waals surface area contributed by atoms with E-state index in [1.807, 2.05) is 7.05 Å². The maximum atomic E-state index is 13.6. The summed E-state index contributed by atoms with van der Waals surface area (Å²) in [6.45, 7) is 3.89. The fourth-order valence-electron chi connectivity index (χ4n) is 4.10. The lowest BCUT2D eigenvalue weighted by Gasteiger charge is -2.32. The summed E-state index contributed by atoms with van der Waals surface area (Å²) in [6, 6.07) is 9.32. The third-order valence-electron chi connectivity index (χ3n) is 6.34. The first kappa shape index (κ1) is 27.4. The number of aromatic nitrogens is 4. The highest BCUT2D eigenvalue weighted by atomic mass is 35.5. The van der Waals surface area contributed by atoms with Crippen LogP contribution in [0.25, 0.3) is 22.3 Å². The highest BCUT2D eigenvalue weighted by molar-refractivity contribution is 7.92. The zero-order chi connectivity index (χ0) is 27.6. The van der Waals surface area contributed by atoms with Crippen molar-refractivity contribution >= 4 is 61.5 Å². The summed E-state index contributed by atoms with van der Waals surface area (Å²) in [6.07, 6.45) is 2.89. The van der Waals surface area contributed by atoms with E-state index in [-0.39, 0.29) is 21.6 Å². The van der Waals surface area contributed by atoms with Gasteiger partial charge in [-0.05, 0) is 43.4 Å². The lowest BCUT2D eigenvalue weighted by molar-refractivity contribution is 0.161. The molecule has 1 aliphatic heterocycles. The van der Waals surface area contributed by atoms with Crippen LogP contribution in [0.4, 0.5) is 21.6 Å². The lowest BCUT2D eigenvalue weighted by atomic mass is 10.1. The highest BCUT2D eigenvalue weighted by Crippen LogP contribution is 2.30. The number of nitrogens with zero attached hydrogens (tertiary/aromatic N) is 6. The molecule has 1 aliphatic rings. The minimum absolute atomic E-state index is 0.0292. The third-order valence-corrected chi connectivity index (χ3v) is 8.18. The predicted octanol–water partition coefficient (Wildman–Crippen LogP) is 4.27. The maximum Gasteiger partial charge on any atom is 0.234 e. The Morgan fingerprint density at radius 2 is 1.82 bits per heavy atom. The zero-order valence-corrected chi connectivity index (χ0v) is 23.2. The quantitative estimate of drug-likeness (QED) is 0.290. The van der Waals surface area contributed by atoms with Gasteiger partial charge in [0.1, 0.15) is 17.7 Å². The zero-order valence-electron chi connectivity index (χ0n) is 20.9. The molecule has 5 rings (SSSR count).